The largest absolute Gasteiger partial charge is 0.391 e. The fourth-order valence-corrected chi connectivity index (χ4v) is 2.07. The fraction of sp³-hybridized carbons (Fsp3) is 0.750. The molecule has 0 bridgehead atoms. The minimum atomic E-state index is -3.07. The Morgan fingerprint density at radius 1 is 1.62 bits per heavy atom. The predicted octanol–water partition coefficient (Wildman–Crippen LogP) is 0.377. The van der Waals surface area contributed by atoms with E-state index in [1.165, 1.54) is 0 Å². The van der Waals surface area contributed by atoms with Gasteiger partial charge in [-0.1, -0.05) is 12.1 Å². The van der Waals surface area contributed by atoms with Crippen LogP contribution < -0.4 is 0 Å². The molecular formula is C12H17F2N3O4. The van der Waals surface area contributed by atoms with Gasteiger partial charge < -0.3 is 19.3 Å². The van der Waals surface area contributed by atoms with E-state index in [9.17, 15) is 18.7 Å². The summed E-state index contributed by atoms with van der Waals surface area (Å²) in [7, 11) is 0. The van der Waals surface area contributed by atoms with Crippen molar-refractivity contribution in [2.45, 2.75) is 38.4 Å². The Balaban J connectivity index is 1.78. The predicted molar refractivity (Wildman–Crippen MR) is 65.5 cm³/mol. The number of rotatable bonds is 5. The van der Waals surface area contributed by atoms with E-state index in [2.05, 4.69) is 10.1 Å². The van der Waals surface area contributed by atoms with Crippen molar-refractivity contribution in [3.05, 3.63) is 11.7 Å². The number of aryl methyl sites for hydroxylation is 1. The lowest BCUT2D eigenvalue weighted by Gasteiger charge is -2.35. The van der Waals surface area contributed by atoms with Crippen LogP contribution >= 0.6 is 0 Å². The van der Waals surface area contributed by atoms with Gasteiger partial charge in [0.15, 0.2) is 5.82 Å². The molecule has 1 atom stereocenters. The van der Waals surface area contributed by atoms with Crippen molar-refractivity contribution in [1.29, 1.82) is 0 Å². The molecule has 1 saturated heterocycles. The van der Waals surface area contributed by atoms with Gasteiger partial charge in [-0.3, -0.25) is 4.79 Å². The zero-order valence-corrected chi connectivity index (χ0v) is 11.6. The highest BCUT2D eigenvalue weighted by atomic mass is 19.3. The molecule has 0 spiro atoms. The Hall–Kier alpha value is -1.61. The molecule has 0 radical (unpaired) electrons. The lowest BCUT2D eigenvalue weighted by Crippen LogP contribution is -2.52. The first kappa shape index (κ1) is 15.8. The summed E-state index contributed by atoms with van der Waals surface area (Å²) < 4.78 is 36.5. The molecule has 7 nitrogen and oxygen atoms in total. The highest BCUT2D eigenvalue weighted by molar-refractivity contribution is 5.77. The third-order valence-corrected chi connectivity index (χ3v) is 3.02. The summed E-state index contributed by atoms with van der Waals surface area (Å²) in [5.74, 6) is -2.93. The highest BCUT2D eigenvalue weighted by Gasteiger charge is 2.41. The monoisotopic (exact) mass is 305 g/mol. The molecule has 0 aromatic carbocycles. The summed E-state index contributed by atoms with van der Waals surface area (Å²) in [6, 6.07) is 0. The number of hydrogen-bond acceptors (Lipinski definition) is 6. The first-order valence-electron chi connectivity index (χ1n) is 6.62. The van der Waals surface area contributed by atoms with Crippen LogP contribution in [-0.2, 0) is 22.6 Å². The topological polar surface area (TPSA) is 88.7 Å². The average Bonchev–Trinajstić information content (AvgIpc) is 2.84. The third-order valence-electron chi connectivity index (χ3n) is 3.02. The summed E-state index contributed by atoms with van der Waals surface area (Å²) >= 11 is 0. The Labute approximate surface area is 119 Å². The number of β-amino-alcohol motifs (C(OH)–C–C–N with tert-alkyl or cyclic N) is 1. The van der Waals surface area contributed by atoms with E-state index in [1.54, 1.807) is 0 Å². The van der Waals surface area contributed by atoms with E-state index >= 15 is 0 Å². The number of aliphatic hydroxyl groups is 1. The first-order valence-corrected chi connectivity index (χ1v) is 6.62. The second kappa shape index (κ2) is 6.44. The standard InChI is InChI=1S/C12H17F2N3O4/c1-2-9-15-10(21-16-9)5-20-6-11(19)17-4-8(18)3-12(13,14)7-17/h8,18H,2-7H2,1H3. The number of carbonyl (C=O) groups is 1. The second-order valence-corrected chi connectivity index (χ2v) is 4.94. The Bertz CT molecular complexity index is 495. The SMILES string of the molecule is CCc1noc(COCC(=O)N2CC(O)CC(F)(F)C2)n1. The van der Waals surface area contributed by atoms with Crippen LogP contribution in [0.4, 0.5) is 8.78 Å². The number of likely N-dealkylation sites (tertiary alicyclic amines) is 1. The number of amides is 1. The average molecular weight is 305 g/mol. The molecule has 1 aromatic rings. The molecule has 1 unspecified atom stereocenters. The van der Waals surface area contributed by atoms with Gasteiger partial charge in [-0.15, -0.1) is 0 Å². The molecule has 1 N–H and O–H groups in total. The molecule has 2 rings (SSSR count). The summed E-state index contributed by atoms with van der Waals surface area (Å²) in [5.41, 5.74) is 0. The number of aromatic nitrogens is 2. The Morgan fingerprint density at radius 3 is 3.00 bits per heavy atom. The maximum atomic E-state index is 13.3. The summed E-state index contributed by atoms with van der Waals surface area (Å²) in [4.78, 5) is 16.7. The molecule has 21 heavy (non-hydrogen) atoms. The number of halogens is 2. The number of carbonyl (C=O) groups excluding carboxylic acids is 1. The molecule has 1 aromatic heterocycles. The fourth-order valence-electron chi connectivity index (χ4n) is 2.07. The number of piperidine rings is 1. The number of hydrogen-bond donors (Lipinski definition) is 1. The van der Waals surface area contributed by atoms with Crippen LogP contribution in [0.3, 0.4) is 0 Å². The molecule has 1 amide bonds. The van der Waals surface area contributed by atoms with Gasteiger partial charge in [0, 0.05) is 19.4 Å². The summed E-state index contributed by atoms with van der Waals surface area (Å²) in [6.07, 6.45) is -1.23. The van der Waals surface area contributed by atoms with Gasteiger partial charge in [0.05, 0.1) is 12.6 Å². The number of ether oxygens (including phenoxy) is 1. The third kappa shape index (κ3) is 4.43. The Kier molecular flexibility index (Phi) is 4.84. The van der Waals surface area contributed by atoms with Crippen LogP contribution in [0.15, 0.2) is 4.52 Å². The molecule has 1 aliphatic heterocycles. The number of alkyl halides is 2. The van der Waals surface area contributed by atoms with Crippen molar-refractivity contribution in [2.24, 2.45) is 0 Å². The van der Waals surface area contributed by atoms with Crippen LogP contribution in [0.5, 0.6) is 0 Å². The van der Waals surface area contributed by atoms with Gasteiger partial charge in [-0.25, -0.2) is 8.78 Å². The number of aliphatic hydroxyl groups excluding tert-OH is 1. The van der Waals surface area contributed by atoms with Gasteiger partial charge >= 0.3 is 0 Å². The van der Waals surface area contributed by atoms with E-state index in [0.717, 1.165) is 4.90 Å². The zero-order valence-electron chi connectivity index (χ0n) is 11.6. The van der Waals surface area contributed by atoms with Gasteiger partial charge in [-0.05, 0) is 0 Å². The molecule has 2 heterocycles. The lowest BCUT2D eigenvalue weighted by molar-refractivity contribution is -0.155. The van der Waals surface area contributed by atoms with Crippen molar-refractivity contribution in [3.8, 4) is 0 Å². The minimum absolute atomic E-state index is 0.0640. The van der Waals surface area contributed by atoms with Crippen LogP contribution in [0.1, 0.15) is 25.1 Å². The van der Waals surface area contributed by atoms with Gasteiger partial charge in [0.1, 0.15) is 13.2 Å². The van der Waals surface area contributed by atoms with E-state index in [-0.39, 0.29) is 25.6 Å². The van der Waals surface area contributed by atoms with Crippen LogP contribution in [0.2, 0.25) is 0 Å². The highest BCUT2D eigenvalue weighted by Crippen LogP contribution is 2.26. The van der Waals surface area contributed by atoms with Gasteiger partial charge in [0.2, 0.25) is 5.91 Å². The smallest absolute Gasteiger partial charge is 0.267 e. The van der Waals surface area contributed by atoms with E-state index in [0.29, 0.717) is 12.2 Å². The van der Waals surface area contributed by atoms with Crippen molar-refractivity contribution < 1.29 is 27.9 Å². The van der Waals surface area contributed by atoms with Crippen LogP contribution in [0.25, 0.3) is 0 Å². The normalized spacial score (nSPS) is 21.5. The quantitative estimate of drug-likeness (QED) is 0.846. The van der Waals surface area contributed by atoms with Crippen molar-refractivity contribution in [3.63, 3.8) is 0 Å². The van der Waals surface area contributed by atoms with Crippen molar-refractivity contribution >= 4 is 5.91 Å². The molecule has 0 aliphatic carbocycles. The zero-order chi connectivity index (χ0) is 15.5. The molecule has 0 saturated carbocycles. The molecule has 118 valence electrons. The summed E-state index contributed by atoms with van der Waals surface area (Å²) in [6.45, 7) is 0.601. The van der Waals surface area contributed by atoms with Crippen molar-refractivity contribution in [1.82, 2.24) is 15.0 Å². The Morgan fingerprint density at radius 2 is 2.38 bits per heavy atom. The second-order valence-electron chi connectivity index (χ2n) is 4.94. The minimum Gasteiger partial charge on any atom is -0.391 e. The maximum absolute atomic E-state index is 13.3. The molecular weight excluding hydrogens is 288 g/mol. The van der Waals surface area contributed by atoms with E-state index in [4.69, 9.17) is 9.26 Å². The molecule has 1 aliphatic rings. The van der Waals surface area contributed by atoms with Gasteiger partial charge in [-0.2, -0.15) is 4.98 Å². The van der Waals surface area contributed by atoms with E-state index < -0.39 is 30.9 Å². The van der Waals surface area contributed by atoms with Crippen molar-refractivity contribution in [2.75, 3.05) is 19.7 Å². The first-order chi connectivity index (χ1) is 9.89. The lowest BCUT2D eigenvalue weighted by atomic mass is 10.0. The van der Waals surface area contributed by atoms with Crippen LogP contribution in [0, 0.1) is 0 Å². The number of nitrogens with zero attached hydrogens (tertiary/aromatic N) is 3. The summed E-state index contributed by atoms with van der Waals surface area (Å²) in [5, 5.41) is 13.0. The molecule has 1 fully saturated rings. The van der Waals surface area contributed by atoms with Gasteiger partial charge in [0.25, 0.3) is 11.8 Å². The van der Waals surface area contributed by atoms with E-state index in [1.807, 2.05) is 6.92 Å². The molecule has 9 heteroatoms. The van der Waals surface area contributed by atoms with Crippen LogP contribution in [-0.4, -0.2) is 57.8 Å². The maximum Gasteiger partial charge on any atom is 0.267 e.